The smallest absolute Gasteiger partial charge is 0.236 e. The number of rotatable bonds is 4. The molecular formula is C14H9Cl4N5OS. The molecule has 0 saturated heterocycles. The minimum atomic E-state index is -0.300. The third-order valence-electron chi connectivity index (χ3n) is 3.19. The van der Waals surface area contributed by atoms with Gasteiger partial charge in [0, 0.05) is 12.4 Å². The van der Waals surface area contributed by atoms with Crippen molar-refractivity contribution in [2.45, 2.75) is 12.1 Å². The van der Waals surface area contributed by atoms with E-state index in [1.165, 1.54) is 18.0 Å². The van der Waals surface area contributed by atoms with E-state index in [1.807, 2.05) is 0 Å². The van der Waals surface area contributed by atoms with Gasteiger partial charge in [-0.3, -0.25) is 9.20 Å². The fourth-order valence-electron chi connectivity index (χ4n) is 1.94. The summed E-state index contributed by atoms with van der Waals surface area (Å²) < 4.78 is 1.63. The van der Waals surface area contributed by atoms with Gasteiger partial charge in [0.25, 0.3) is 0 Å². The van der Waals surface area contributed by atoms with E-state index >= 15 is 0 Å². The average Bonchev–Trinajstić information content (AvgIpc) is 2.97. The molecule has 0 bridgehead atoms. The molecule has 3 rings (SSSR count). The Balaban J connectivity index is 1.72. The SMILES string of the molecule is Cc1c(Cl)cnc(NC(=O)CSc2nnc3c(Cl)cc(Cl)cn23)c1Cl. The highest BCUT2D eigenvalue weighted by atomic mass is 35.5. The molecule has 3 aromatic rings. The minimum absolute atomic E-state index is 0.0740. The quantitative estimate of drug-likeness (QED) is 0.596. The maximum Gasteiger partial charge on any atom is 0.236 e. The summed E-state index contributed by atoms with van der Waals surface area (Å²) in [6.07, 6.45) is 3.06. The molecular weight excluding hydrogens is 428 g/mol. The van der Waals surface area contributed by atoms with Crippen molar-refractivity contribution < 1.29 is 4.79 Å². The zero-order chi connectivity index (χ0) is 18.1. The summed E-state index contributed by atoms with van der Waals surface area (Å²) in [5.74, 6) is 0.0299. The van der Waals surface area contributed by atoms with E-state index in [2.05, 4.69) is 20.5 Å². The van der Waals surface area contributed by atoms with Crippen LogP contribution in [0.5, 0.6) is 0 Å². The third-order valence-corrected chi connectivity index (χ3v) is 5.46. The van der Waals surface area contributed by atoms with Crippen molar-refractivity contribution in [2.75, 3.05) is 11.1 Å². The van der Waals surface area contributed by atoms with Gasteiger partial charge in [0.15, 0.2) is 16.6 Å². The van der Waals surface area contributed by atoms with Crippen molar-refractivity contribution in [3.63, 3.8) is 0 Å². The summed E-state index contributed by atoms with van der Waals surface area (Å²) in [4.78, 5) is 16.2. The molecule has 11 heteroatoms. The van der Waals surface area contributed by atoms with Gasteiger partial charge in [-0.05, 0) is 18.6 Å². The van der Waals surface area contributed by atoms with Crippen LogP contribution in [0.4, 0.5) is 5.82 Å². The van der Waals surface area contributed by atoms with E-state index < -0.39 is 0 Å². The van der Waals surface area contributed by atoms with Crippen molar-refractivity contribution >= 4 is 75.5 Å². The monoisotopic (exact) mass is 435 g/mol. The number of carbonyl (C=O) groups excluding carboxylic acids is 1. The second-order valence-electron chi connectivity index (χ2n) is 4.91. The first-order chi connectivity index (χ1) is 11.9. The van der Waals surface area contributed by atoms with E-state index in [0.29, 0.717) is 36.5 Å². The number of carbonyl (C=O) groups is 1. The molecule has 1 N–H and O–H groups in total. The standard InChI is InChI=1S/C14H9Cl4N5OS/c1-6-9(17)3-19-12(11(6)18)20-10(24)5-25-14-22-21-13-8(16)2-7(15)4-23(13)14/h2-4H,5H2,1H3,(H,19,20,24). The Bertz CT molecular complexity index is 978. The number of hydrogen-bond acceptors (Lipinski definition) is 5. The molecule has 3 aromatic heterocycles. The van der Waals surface area contributed by atoms with Crippen LogP contribution in [0.3, 0.4) is 0 Å². The molecule has 3 heterocycles. The second-order valence-corrected chi connectivity index (χ2v) is 7.48. The summed E-state index contributed by atoms with van der Waals surface area (Å²) in [5.41, 5.74) is 1.11. The molecule has 0 aliphatic carbocycles. The zero-order valence-corrected chi connectivity index (χ0v) is 16.4. The predicted molar refractivity (Wildman–Crippen MR) is 101 cm³/mol. The number of halogens is 4. The van der Waals surface area contributed by atoms with Crippen LogP contribution in [0, 0.1) is 6.92 Å². The molecule has 130 valence electrons. The number of fused-ring (bicyclic) bond motifs is 1. The van der Waals surface area contributed by atoms with Crippen molar-refractivity contribution in [1.29, 1.82) is 0 Å². The third kappa shape index (κ3) is 3.96. The molecule has 25 heavy (non-hydrogen) atoms. The Morgan fingerprint density at radius 2 is 2.00 bits per heavy atom. The zero-order valence-electron chi connectivity index (χ0n) is 12.6. The Morgan fingerprint density at radius 1 is 1.24 bits per heavy atom. The van der Waals surface area contributed by atoms with E-state index in [4.69, 9.17) is 46.4 Å². The largest absolute Gasteiger partial charge is 0.309 e. The molecule has 1 amide bonds. The van der Waals surface area contributed by atoms with Gasteiger partial charge in [0.1, 0.15) is 0 Å². The fraction of sp³-hybridized carbons (Fsp3) is 0.143. The molecule has 0 fully saturated rings. The first kappa shape index (κ1) is 18.5. The maximum atomic E-state index is 12.2. The highest BCUT2D eigenvalue weighted by Crippen LogP contribution is 2.29. The Morgan fingerprint density at radius 3 is 2.76 bits per heavy atom. The van der Waals surface area contributed by atoms with Crippen LogP contribution in [-0.2, 0) is 4.79 Å². The van der Waals surface area contributed by atoms with Crippen molar-refractivity contribution in [3.05, 3.63) is 44.1 Å². The lowest BCUT2D eigenvalue weighted by molar-refractivity contribution is -0.113. The fourth-order valence-corrected chi connectivity index (χ4v) is 3.55. The Kier molecular flexibility index (Phi) is 5.60. The summed E-state index contributed by atoms with van der Waals surface area (Å²) in [6.45, 7) is 1.74. The molecule has 0 radical (unpaired) electrons. The molecule has 6 nitrogen and oxygen atoms in total. The molecule has 0 aromatic carbocycles. The molecule has 0 spiro atoms. The van der Waals surface area contributed by atoms with E-state index in [-0.39, 0.29) is 17.5 Å². The van der Waals surface area contributed by atoms with Crippen molar-refractivity contribution in [1.82, 2.24) is 19.6 Å². The number of nitrogens with one attached hydrogen (secondary N) is 1. The van der Waals surface area contributed by atoms with Gasteiger partial charge in [-0.25, -0.2) is 4.98 Å². The molecule has 0 saturated carbocycles. The maximum absolute atomic E-state index is 12.2. The number of thioether (sulfide) groups is 1. The highest BCUT2D eigenvalue weighted by Gasteiger charge is 2.15. The van der Waals surface area contributed by atoms with Crippen LogP contribution >= 0.6 is 58.2 Å². The lowest BCUT2D eigenvalue weighted by Crippen LogP contribution is -2.16. The average molecular weight is 437 g/mol. The van der Waals surface area contributed by atoms with Crippen LogP contribution in [0.25, 0.3) is 5.65 Å². The summed E-state index contributed by atoms with van der Waals surface area (Å²) in [7, 11) is 0. The summed E-state index contributed by atoms with van der Waals surface area (Å²) >= 11 is 25.3. The van der Waals surface area contributed by atoms with Crippen LogP contribution in [0.1, 0.15) is 5.56 Å². The van der Waals surface area contributed by atoms with Gasteiger partial charge >= 0.3 is 0 Å². The highest BCUT2D eigenvalue weighted by molar-refractivity contribution is 7.99. The minimum Gasteiger partial charge on any atom is -0.309 e. The number of nitrogens with zero attached hydrogens (tertiary/aromatic N) is 4. The van der Waals surface area contributed by atoms with Gasteiger partial charge in [-0.1, -0.05) is 58.2 Å². The van der Waals surface area contributed by atoms with Crippen LogP contribution in [-0.4, -0.2) is 31.2 Å². The van der Waals surface area contributed by atoms with Gasteiger partial charge in [-0.2, -0.15) is 0 Å². The van der Waals surface area contributed by atoms with E-state index in [9.17, 15) is 4.79 Å². The Hall–Kier alpha value is -1.25. The summed E-state index contributed by atoms with van der Waals surface area (Å²) in [6, 6.07) is 1.57. The Labute approximate surface area is 166 Å². The van der Waals surface area contributed by atoms with Crippen molar-refractivity contribution in [2.24, 2.45) is 0 Å². The van der Waals surface area contributed by atoms with Gasteiger partial charge in [0.2, 0.25) is 5.91 Å². The van der Waals surface area contributed by atoms with Crippen molar-refractivity contribution in [3.8, 4) is 0 Å². The van der Waals surface area contributed by atoms with Crippen LogP contribution in [0.2, 0.25) is 20.1 Å². The molecule has 0 atom stereocenters. The van der Waals surface area contributed by atoms with Crippen LogP contribution < -0.4 is 5.32 Å². The van der Waals surface area contributed by atoms with Gasteiger partial charge < -0.3 is 5.32 Å². The molecule has 0 aliphatic rings. The van der Waals surface area contributed by atoms with E-state index in [1.54, 1.807) is 23.6 Å². The first-order valence-corrected chi connectivity index (χ1v) is 9.29. The second kappa shape index (κ2) is 7.55. The molecule has 0 unspecified atom stereocenters. The number of anilines is 1. The van der Waals surface area contributed by atoms with Gasteiger partial charge in [-0.15, -0.1) is 10.2 Å². The van der Waals surface area contributed by atoms with E-state index in [0.717, 1.165) is 0 Å². The lowest BCUT2D eigenvalue weighted by atomic mass is 10.3. The number of aromatic nitrogens is 4. The topological polar surface area (TPSA) is 72.2 Å². The van der Waals surface area contributed by atoms with Crippen LogP contribution in [0.15, 0.2) is 23.6 Å². The van der Waals surface area contributed by atoms with Gasteiger partial charge in [0.05, 0.1) is 25.8 Å². The number of hydrogen-bond donors (Lipinski definition) is 1. The first-order valence-electron chi connectivity index (χ1n) is 6.80. The normalized spacial score (nSPS) is 11.1. The number of amides is 1. The lowest BCUT2D eigenvalue weighted by Gasteiger charge is -2.08. The number of pyridine rings is 2. The molecule has 0 aliphatic heterocycles. The predicted octanol–water partition coefficient (Wildman–Crippen LogP) is 4.78. The summed E-state index contributed by atoms with van der Waals surface area (Å²) in [5, 5.41) is 12.7.